The standard InChI is InChI=1S/C23H19ClN2O3/c1-14-5-3-7-19(15(14)2)25-21-20(16-8-10-17(24)11-9-16)22(27)26(23(21)28)13-18-6-4-12-29-18/h3-12,25H,13H2,1-2H3. The van der Waals surface area contributed by atoms with E-state index in [-0.39, 0.29) is 18.1 Å². The van der Waals surface area contributed by atoms with Crippen molar-refractivity contribution >= 4 is 34.7 Å². The Morgan fingerprint density at radius 1 is 0.966 bits per heavy atom. The van der Waals surface area contributed by atoms with Gasteiger partial charge >= 0.3 is 0 Å². The average molecular weight is 407 g/mol. The number of hydrogen-bond acceptors (Lipinski definition) is 4. The molecule has 6 heteroatoms. The van der Waals surface area contributed by atoms with E-state index in [0.29, 0.717) is 21.9 Å². The molecule has 0 bridgehead atoms. The lowest BCUT2D eigenvalue weighted by Crippen LogP contribution is -2.31. The second-order valence-electron chi connectivity index (χ2n) is 6.91. The molecule has 0 saturated carbocycles. The van der Waals surface area contributed by atoms with Crippen molar-refractivity contribution in [1.82, 2.24) is 4.90 Å². The highest BCUT2D eigenvalue weighted by Gasteiger charge is 2.39. The number of anilines is 1. The lowest BCUT2D eigenvalue weighted by molar-refractivity contribution is -0.137. The second kappa shape index (κ2) is 7.60. The number of benzene rings is 2. The molecule has 0 fully saturated rings. The lowest BCUT2D eigenvalue weighted by Gasteiger charge is -2.15. The fourth-order valence-corrected chi connectivity index (χ4v) is 3.43. The maximum absolute atomic E-state index is 13.2. The van der Waals surface area contributed by atoms with Crippen LogP contribution in [0.1, 0.15) is 22.5 Å². The Hall–Kier alpha value is -3.31. The molecule has 0 unspecified atom stereocenters. The molecule has 5 nitrogen and oxygen atoms in total. The number of hydrogen-bond donors (Lipinski definition) is 1. The molecule has 0 radical (unpaired) electrons. The summed E-state index contributed by atoms with van der Waals surface area (Å²) in [5.74, 6) is -0.228. The van der Waals surface area contributed by atoms with Crippen molar-refractivity contribution in [2.45, 2.75) is 20.4 Å². The molecule has 2 amide bonds. The van der Waals surface area contributed by atoms with Crippen LogP contribution >= 0.6 is 11.6 Å². The topological polar surface area (TPSA) is 62.6 Å². The van der Waals surface area contributed by atoms with Crippen LogP contribution in [0.5, 0.6) is 0 Å². The van der Waals surface area contributed by atoms with Crippen molar-refractivity contribution < 1.29 is 14.0 Å². The number of furan rings is 1. The summed E-state index contributed by atoms with van der Waals surface area (Å²) in [6.07, 6.45) is 1.52. The number of halogens is 1. The predicted molar refractivity (Wildman–Crippen MR) is 112 cm³/mol. The number of nitrogens with zero attached hydrogens (tertiary/aromatic N) is 1. The van der Waals surface area contributed by atoms with E-state index in [1.54, 1.807) is 36.4 Å². The molecule has 2 heterocycles. The van der Waals surface area contributed by atoms with E-state index < -0.39 is 5.91 Å². The fraction of sp³-hybridized carbons (Fsp3) is 0.130. The third kappa shape index (κ3) is 3.57. The van der Waals surface area contributed by atoms with Gasteiger partial charge in [0.05, 0.1) is 18.4 Å². The van der Waals surface area contributed by atoms with E-state index in [1.165, 1.54) is 11.2 Å². The summed E-state index contributed by atoms with van der Waals surface area (Å²) in [4.78, 5) is 27.6. The number of carbonyl (C=O) groups excluding carboxylic acids is 2. The molecule has 0 aliphatic carbocycles. The van der Waals surface area contributed by atoms with Crippen molar-refractivity contribution in [1.29, 1.82) is 0 Å². The predicted octanol–water partition coefficient (Wildman–Crippen LogP) is 4.94. The monoisotopic (exact) mass is 406 g/mol. The van der Waals surface area contributed by atoms with Crippen LogP contribution in [-0.2, 0) is 16.1 Å². The largest absolute Gasteiger partial charge is 0.467 e. The van der Waals surface area contributed by atoms with Gasteiger partial charge in [-0.1, -0.05) is 35.9 Å². The van der Waals surface area contributed by atoms with Crippen molar-refractivity contribution in [2.24, 2.45) is 0 Å². The Morgan fingerprint density at radius 2 is 1.72 bits per heavy atom. The number of imide groups is 1. The van der Waals surface area contributed by atoms with E-state index >= 15 is 0 Å². The van der Waals surface area contributed by atoms with Crippen molar-refractivity contribution in [3.05, 3.63) is 94.0 Å². The summed E-state index contributed by atoms with van der Waals surface area (Å²) in [5, 5.41) is 3.76. The quantitative estimate of drug-likeness (QED) is 0.609. The normalized spacial score (nSPS) is 14.1. The van der Waals surface area contributed by atoms with Gasteiger partial charge < -0.3 is 9.73 Å². The van der Waals surface area contributed by atoms with Crippen molar-refractivity contribution in [2.75, 3.05) is 5.32 Å². The first kappa shape index (κ1) is 19.0. The summed E-state index contributed by atoms with van der Waals surface area (Å²) < 4.78 is 5.33. The van der Waals surface area contributed by atoms with E-state index in [0.717, 1.165) is 16.8 Å². The third-order valence-corrected chi connectivity index (χ3v) is 5.31. The van der Waals surface area contributed by atoms with Crippen molar-refractivity contribution in [3.8, 4) is 0 Å². The Kier molecular flexibility index (Phi) is 4.99. The summed E-state index contributed by atoms with van der Waals surface area (Å²) in [7, 11) is 0. The number of nitrogens with one attached hydrogen (secondary N) is 1. The Balaban J connectivity index is 1.78. The smallest absolute Gasteiger partial charge is 0.278 e. The number of carbonyl (C=O) groups is 2. The van der Waals surface area contributed by atoms with Gasteiger partial charge in [0.2, 0.25) is 0 Å². The molecule has 0 atom stereocenters. The Morgan fingerprint density at radius 3 is 2.41 bits per heavy atom. The Bertz CT molecular complexity index is 1120. The number of aryl methyl sites for hydroxylation is 1. The summed E-state index contributed by atoms with van der Waals surface area (Å²) in [5.41, 5.74) is 4.08. The highest BCUT2D eigenvalue weighted by molar-refractivity contribution is 6.36. The second-order valence-corrected chi connectivity index (χ2v) is 7.34. The zero-order chi connectivity index (χ0) is 20.5. The van der Waals surface area contributed by atoms with Gasteiger partial charge in [-0.25, -0.2) is 0 Å². The highest BCUT2D eigenvalue weighted by Crippen LogP contribution is 2.33. The SMILES string of the molecule is Cc1cccc(NC2=C(c3ccc(Cl)cc3)C(=O)N(Cc3ccco3)C2=O)c1C. The van der Waals surface area contributed by atoms with E-state index in [2.05, 4.69) is 5.32 Å². The van der Waals surface area contributed by atoms with E-state index in [1.807, 2.05) is 32.0 Å². The minimum absolute atomic E-state index is 0.0692. The van der Waals surface area contributed by atoms with Crippen LogP contribution in [-0.4, -0.2) is 16.7 Å². The zero-order valence-electron chi connectivity index (χ0n) is 16.0. The maximum Gasteiger partial charge on any atom is 0.278 e. The van der Waals surface area contributed by atoms with Crippen LogP contribution < -0.4 is 5.32 Å². The first-order valence-corrected chi connectivity index (χ1v) is 9.55. The maximum atomic E-state index is 13.2. The lowest BCUT2D eigenvalue weighted by atomic mass is 10.0. The summed E-state index contributed by atoms with van der Waals surface area (Å²) >= 11 is 6.00. The van der Waals surface area contributed by atoms with Gasteiger partial charge in [0.1, 0.15) is 11.5 Å². The van der Waals surface area contributed by atoms with Crippen LogP contribution in [0, 0.1) is 13.8 Å². The minimum Gasteiger partial charge on any atom is -0.467 e. The molecule has 2 aromatic carbocycles. The molecular weight excluding hydrogens is 388 g/mol. The molecule has 3 aromatic rings. The van der Waals surface area contributed by atoms with Gasteiger partial charge in [-0.2, -0.15) is 0 Å². The van der Waals surface area contributed by atoms with Crippen LogP contribution in [0.2, 0.25) is 5.02 Å². The molecule has 0 spiro atoms. The summed E-state index contributed by atoms with van der Waals surface area (Å²) in [6, 6.07) is 16.1. The fourth-order valence-electron chi connectivity index (χ4n) is 3.30. The zero-order valence-corrected chi connectivity index (χ0v) is 16.8. The van der Waals surface area contributed by atoms with Gasteiger partial charge in [-0.05, 0) is 60.9 Å². The van der Waals surface area contributed by atoms with Gasteiger partial charge in [0.15, 0.2) is 0 Å². The number of amides is 2. The van der Waals surface area contributed by atoms with Crippen LogP contribution in [0.15, 0.2) is 71.0 Å². The van der Waals surface area contributed by atoms with Gasteiger partial charge in [0, 0.05) is 10.7 Å². The minimum atomic E-state index is -0.391. The van der Waals surface area contributed by atoms with E-state index in [4.69, 9.17) is 16.0 Å². The van der Waals surface area contributed by atoms with Crippen molar-refractivity contribution in [3.63, 3.8) is 0 Å². The molecule has 1 aliphatic heterocycles. The highest BCUT2D eigenvalue weighted by atomic mass is 35.5. The number of rotatable bonds is 5. The molecule has 1 N–H and O–H groups in total. The van der Waals surface area contributed by atoms with Gasteiger partial charge in [0.25, 0.3) is 11.8 Å². The average Bonchev–Trinajstić information content (AvgIpc) is 3.29. The van der Waals surface area contributed by atoms with Gasteiger partial charge in [-0.15, -0.1) is 0 Å². The molecule has 0 saturated heterocycles. The van der Waals surface area contributed by atoms with Gasteiger partial charge in [-0.3, -0.25) is 14.5 Å². The first-order chi connectivity index (χ1) is 14.0. The molecular formula is C23H19ClN2O3. The molecule has 146 valence electrons. The third-order valence-electron chi connectivity index (χ3n) is 5.06. The first-order valence-electron chi connectivity index (χ1n) is 9.17. The van der Waals surface area contributed by atoms with Crippen LogP contribution in [0.3, 0.4) is 0 Å². The molecule has 1 aliphatic rings. The van der Waals surface area contributed by atoms with Crippen LogP contribution in [0.25, 0.3) is 5.57 Å². The molecule has 4 rings (SSSR count). The summed E-state index contributed by atoms with van der Waals surface area (Å²) in [6.45, 7) is 4.04. The Labute approximate surface area is 173 Å². The molecule has 29 heavy (non-hydrogen) atoms. The van der Waals surface area contributed by atoms with E-state index in [9.17, 15) is 9.59 Å². The molecule has 1 aromatic heterocycles. The van der Waals surface area contributed by atoms with Crippen LogP contribution in [0.4, 0.5) is 5.69 Å².